The van der Waals surface area contributed by atoms with E-state index >= 15 is 0 Å². The fraction of sp³-hybridized carbons (Fsp3) is 0.385. The molecule has 0 bridgehead atoms. The monoisotopic (exact) mass is 493 g/mol. The van der Waals surface area contributed by atoms with Crippen molar-refractivity contribution >= 4 is 38.6 Å². The number of hydrogen-bond acceptors (Lipinski definition) is 2. The smallest absolute Gasteiger partial charge is 0.271 e. The van der Waals surface area contributed by atoms with Crippen molar-refractivity contribution in [2.24, 2.45) is 0 Å². The summed E-state index contributed by atoms with van der Waals surface area (Å²) in [6.45, 7) is 2.74. The predicted octanol–water partition coefficient (Wildman–Crippen LogP) is 5.27. The standard InChI is InChI=1S/C26H28BrN3O2/c1-26(25(32)28-21-11-3-2-4-12-21)17-29-22-13-6-5-9-19(22)15-23(29)24(31)30(26)16-18-8-7-10-20(27)14-18/h5-10,13-15,21H,2-4,11-12,16-17H2,1H3,(H,28,32). The zero-order chi connectivity index (χ0) is 22.3. The average molecular weight is 494 g/mol. The first kappa shape index (κ1) is 21.3. The Labute approximate surface area is 196 Å². The van der Waals surface area contributed by atoms with Gasteiger partial charge in [0, 0.05) is 28.0 Å². The lowest BCUT2D eigenvalue weighted by Gasteiger charge is -2.45. The number of hydrogen-bond donors (Lipinski definition) is 1. The molecule has 1 N–H and O–H groups in total. The molecule has 2 aromatic carbocycles. The summed E-state index contributed by atoms with van der Waals surface area (Å²) in [5.41, 5.74) is 1.65. The van der Waals surface area contributed by atoms with E-state index < -0.39 is 5.54 Å². The number of halogens is 1. The number of amides is 2. The number of carbonyl (C=O) groups excluding carboxylic acids is 2. The minimum absolute atomic E-state index is 0.0591. The van der Waals surface area contributed by atoms with Gasteiger partial charge in [-0.05, 0) is 49.6 Å². The summed E-state index contributed by atoms with van der Waals surface area (Å²) in [4.78, 5) is 29.3. The van der Waals surface area contributed by atoms with Crippen LogP contribution in [-0.4, -0.2) is 32.9 Å². The summed E-state index contributed by atoms with van der Waals surface area (Å²) in [6, 6.07) is 18.1. The Bertz CT molecular complexity index is 1180. The SMILES string of the molecule is CC1(C(=O)NC2CCCCC2)Cn2c(cc3ccccc32)C(=O)N1Cc1cccc(Br)c1. The Hall–Kier alpha value is -2.60. The number of fused-ring (bicyclic) bond motifs is 3. The van der Waals surface area contributed by atoms with E-state index in [2.05, 4.69) is 21.2 Å². The van der Waals surface area contributed by atoms with Gasteiger partial charge in [-0.25, -0.2) is 0 Å². The van der Waals surface area contributed by atoms with Crippen molar-refractivity contribution in [3.63, 3.8) is 0 Å². The second-order valence-electron chi connectivity index (χ2n) is 9.28. The lowest BCUT2D eigenvalue weighted by atomic mass is 9.91. The Morgan fingerprint density at radius 2 is 1.88 bits per heavy atom. The molecule has 166 valence electrons. The van der Waals surface area contributed by atoms with Crippen LogP contribution in [0.25, 0.3) is 10.9 Å². The highest BCUT2D eigenvalue weighted by Gasteiger charge is 2.48. The molecule has 0 spiro atoms. The van der Waals surface area contributed by atoms with Crippen molar-refractivity contribution in [2.45, 2.75) is 63.7 Å². The normalized spacial score (nSPS) is 21.6. The quantitative estimate of drug-likeness (QED) is 0.538. The van der Waals surface area contributed by atoms with Gasteiger partial charge in [-0.15, -0.1) is 0 Å². The first-order valence-corrected chi connectivity index (χ1v) is 12.2. The lowest BCUT2D eigenvalue weighted by Crippen LogP contribution is -2.64. The van der Waals surface area contributed by atoms with Crippen molar-refractivity contribution in [3.8, 4) is 0 Å². The molecule has 6 heteroatoms. The second kappa shape index (κ2) is 8.39. The molecular formula is C26H28BrN3O2. The highest BCUT2D eigenvalue weighted by atomic mass is 79.9. The van der Waals surface area contributed by atoms with E-state index in [1.807, 2.05) is 66.1 Å². The van der Waals surface area contributed by atoms with Gasteiger partial charge in [-0.3, -0.25) is 9.59 Å². The molecule has 1 aliphatic carbocycles. The van der Waals surface area contributed by atoms with Gasteiger partial charge in [0.05, 0.1) is 6.54 Å². The van der Waals surface area contributed by atoms with E-state index in [1.165, 1.54) is 6.42 Å². The van der Waals surface area contributed by atoms with Crippen molar-refractivity contribution in [2.75, 3.05) is 0 Å². The molecular weight excluding hydrogens is 466 g/mol. The number of nitrogens with one attached hydrogen (secondary N) is 1. The van der Waals surface area contributed by atoms with Gasteiger partial charge in [-0.1, -0.05) is 65.5 Å². The van der Waals surface area contributed by atoms with Crippen LogP contribution in [0.3, 0.4) is 0 Å². The van der Waals surface area contributed by atoms with Crippen LogP contribution in [0.4, 0.5) is 0 Å². The zero-order valence-electron chi connectivity index (χ0n) is 18.3. The first-order valence-electron chi connectivity index (χ1n) is 11.4. The van der Waals surface area contributed by atoms with Crippen LogP contribution < -0.4 is 5.32 Å². The Morgan fingerprint density at radius 3 is 2.66 bits per heavy atom. The zero-order valence-corrected chi connectivity index (χ0v) is 19.9. The van der Waals surface area contributed by atoms with Crippen LogP contribution in [0, 0.1) is 0 Å². The van der Waals surface area contributed by atoms with Crippen molar-refractivity contribution in [1.82, 2.24) is 14.8 Å². The molecule has 2 amide bonds. The Morgan fingerprint density at radius 1 is 1.09 bits per heavy atom. The topological polar surface area (TPSA) is 54.3 Å². The fourth-order valence-electron chi connectivity index (χ4n) is 5.16. The third-order valence-corrected chi connectivity index (χ3v) is 7.49. The van der Waals surface area contributed by atoms with Crippen LogP contribution >= 0.6 is 15.9 Å². The summed E-state index contributed by atoms with van der Waals surface area (Å²) < 4.78 is 2.98. The van der Waals surface area contributed by atoms with Gasteiger partial charge >= 0.3 is 0 Å². The second-order valence-corrected chi connectivity index (χ2v) is 10.2. The summed E-state index contributed by atoms with van der Waals surface area (Å²) in [5.74, 6) is -0.162. The van der Waals surface area contributed by atoms with Gasteiger partial charge < -0.3 is 14.8 Å². The highest BCUT2D eigenvalue weighted by Crippen LogP contribution is 2.34. The molecule has 5 nitrogen and oxygen atoms in total. The molecule has 1 saturated carbocycles. The van der Waals surface area contributed by atoms with Crippen LogP contribution in [0.5, 0.6) is 0 Å². The van der Waals surface area contributed by atoms with Gasteiger partial charge in [0.25, 0.3) is 5.91 Å². The van der Waals surface area contributed by atoms with Crippen LogP contribution in [0.15, 0.2) is 59.1 Å². The third-order valence-electron chi connectivity index (χ3n) is 7.00. The molecule has 0 radical (unpaired) electrons. The summed E-state index contributed by atoms with van der Waals surface area (Å²) >= 11 is 3.53. The molecule has 1 unspecified atom stereocenters. The van der Waals surface area contributed by atoms with Gasteiger partial charge in [0.2, 0.25) is 5.91 Å². The largest absolute Gasteiger partial charge is 0.351 e. The molecule has 1 aromatic heterocycles. The number of benzene rings is 2. The maximum absolute atomic E-state index is 13.8. The molecule has 32 heavy (non-hydrogen) atoms. The molecule has 2 aliphatic rings. The lowest BCUT2D eigenvalue weighted by molar-refractivity contribution is -0.134. The van der Waals surface area contributed by atoms with Gasteiger partial charge in [0.15, 0.2) is 0 Å². The number of rotatable bonds is 4. The van der Waals surface area contributed by atoms with E-state index in [4.69, 9.17) is 0 Å². The molecule has 1 atom stereocenters. The highest BCUT2D eigenvalue weighted by molar-refractivity contribution is 9.10. The number of nitrogens with zero attached hydrogens (tertiary/aromatic N) is 2. The van der Waals surface area contributed by atoms with Crippen LogP contribution in [0.1, 0.15) is 55.1 Å². The maximum Gasteiger partial charge on any atom is 0.271 e. The van der Waals surface area contributed by atoms with Crippen LogP contribution in [0.2, 0.25) is 0 Å². The van der Waals surface area contributed by atoms with E-state index in [1.54, 1.807) is 4.90 Å². The Kier molecular flexibility index (Phi) is 5.58. The molecule has 1 fully saturated rings. The number of aromatic nitrogens is 1. The van der Waals surface area contributed by atoms with Crippen molar-refractivity contribution in [3.05, 3.63) is 70.3 Å². The molecule has 1 aliphatic heterocycles. The molecule has 2 heterocycles. The summed E-state index contributed by atoms with van der Waals surface area (Å²) in [6.07, 6.45) is 5.55. The summed E-state index contributed by atoms with van der Waals surface area (Å²) in [7, 11) is 0. The van der Waals surface area contributed by atoms with Crippen LogP contribution in [-0.2, 0) is 17.9 Å². The van der Waals surface area contributed by atoms with Crippen molar-refractivity contribution in [1.29, 1.82) is 0 Å². The van der Waals surface area contributed by atoms with E-state index in [9.17, 15) is 9.59 Å². The summed E-state index contributed by atoms with van der Waals surface area (Å²) in [5, 5.41) is 4.32. The van der Waals surface area contributed by atoms with Gasteiger partial charge in [0.1, 0.15) is 11.2 Å². The van der Waals surface area contributed by atoms with Gasteiger partial charge in [-0.2, -0.15) is 0 Å². The predicted molar refractivity (Wildman–Crippen MR) is 129 cm³/mol. The average Bonchev–Trinajstić information content (AvgIpc) is 3.16. The van der Waals surface area contributed by atoms with E-state index in [-0.39, 0.29) is 17.9 Å². The Balaban J connectivity index is 1.55. The minimum atomic E-state index is -0.981. The molecule has 0 saturated heterocycles. The van der Waals surface area contributed by atoms with Crippen molar-refractivity contribution < 1.29 is 9.59 Å². The number of carbonyl (C=O) groups is 2. The van der Waals surface area contributed by atoms with E-state index in [0.29, 0.717) is 18.8 Å². The van der Waals surface area contributed by atoms with E-state index in [0.717, 1.165) is 46.6 Å². The fourth-order valence-corrected chi connectivity index (χ4v) is 5.61. The molecule has 5 rings (SSSR count). The molecule has 3 aromatic rings. The maximum atomic E-state index is 13.8. The first-order chi connectivity index (χ1) is 15.5. The minimum Gasteiger partial charge on any atom is -0.351 e. The number of para-hydroxylation sites is 1. The third kappa shape index (κ3) is 3.75.